The summed E-state index contributed by atoms with van der Waals surface area (Å²) in [5, 5.41) is 4.77. The van der Waals surface area contributed by atoms with Gasteiger partial charge in [0, 0.05) is 3.57 Å². The van der Waals surface area contributed by atoms with Crippen molar-refractivity contribution < 1.29 is 23.5 Å². The minimum Gasteiger partial charge on any atom is -0.444 e. The van der Waals surface area contributed by atoms with Crippen LogP contribution in [0.2, 0.25) is 0 Å². The lowest BCUT2D eigenvalue weighted by Crippen LogP contribution is -2.47. The minimum absolute atomic E-state index is 0.108. The predicted molar refractivity (Wildman–Crippen MR) is 109 cm³/mol. The highest BCUT2D eigenvalue weighted by molar-refractivity contribution is 14.1. The largest absolute Gasteiger partial charge is 0.444 e. The van der Waals surface area contributed by atoms with Crippen molar-refractivity contribution in [1.82, 2.24) is 10.6 Å². The molecule has 0 aliphatic heterocycles. The number of ether oxygens (including phenoxy) is 2. The smallest absolute Gasteiger partial charge is 0.414 e. The summed E-state index contributed by atoms with van der Waals surface area (Å²) in [5.74, 6) is -0.458. The van der Waals surface area contributed by atoms with E-state index < -0.39 is 23.4 Å². The van der Waals surface area contributed by atoms with Crippen molar-refractivity contribution in [3.8, 4) is 0 Å². The number of hydrogen-bond donors (Lipinski definition) is 2. The van der Waals surface area contributed by atoms with Crippen LogP contribution in [-0.4, -0.2) is 29.3 Å². The van der Waals surface area contributed by atoms with Gasteiger partial charge >= 0.3 is 12.2 Å². The van der Waals surface area contributed by atoms with Gasteiger partial charge in [0.25, 0.3) is 0 Å². The van der Waals surface area contributed by atoms with E-state index in [0.717, 1.165) is 0 Å². The number of halogens is 2. The third-order valence-electron chi connectivity index (χ3n) is 2.64. The van der Waals surface area contributed by atoms with Gasteiger partial charge in [0.2, 0.25) is 5.96 Å². The van der Waals surface area contributed by atoms with Crippen LogP contribution in [0, 0.1) is 9.39 Å². The molecule has 1 rings (SSSR count). The zero-order valence-corrected chi connectivity index (χ0v) is 18.4. The average molecular weight is 493 g/mol. The Balaban J connectivity index is 2.92. The summed E-state index contributed by atoms with van der Waals surface area (Å²) >= 11 is 1.87. The van der Waals surface area contributed by atoms with Crippen LogP contribution < -0.4 is 10.6 Å². The number of amides is 2. The summed E-state index contributed by atoms with van der Waals surface area (Å²) in [5.41, 5.74) is -0.724. The third-order valence-corrected chi connectivity index (χ3v) is 3.47. The van der Waals surface area contributed by atoms with Crippen LogP contribution in [0.3, 0.4) is 0 Å². The Morgan fingerprint density at radius 2 is 1.52 bits per heavy atom. The lowest BCUT2D eigenvalue weighted by atomic mass is 10.2. The fraction of sp³-hybridized carbons (Fsp3) is 0.500. The molecule has 0 spiro atoms. The number of benzene rings is 1. The first-order chi connectivity index (χ1) is 12.2. The van der Waals surface area contributed by atoms with E-state index in [9.17, 15) is 14.0 Å². The molecule has 27 heavy (non-hydrogen) atoms. The molecule has 0 saturated heterocycles. The summed E-state index contributed by atoms with van der Waals surface area (Å²) in [7, 11) is 0. The molecule has 0 unspecified atom stereocenters. The number of aliphatic imine (C=N–C) groups is 1. The van der Waals surface area contributed by atoms with Crippen molar-refractivity contribution in [2.24, 2.45) is 4.99 Å². The van der Waals surface area contributed by atoms with E-state index in [1.165, 1.54) is 6.07 Å². The van der Waals surface area contributed by atoms with Gasteiger partial charge in [-0.15, -0.1) is 0 Å². The van der Waals surface area contributed by atoms with E-state index in [-0.39, 0.29) is 18.3 Å². The van der Waals surface area contributed by atoms with E-state index in [1.54, 1.807) is 53.7 Å². The van der Waals surface area contributed by atoms with Gasteiger partial charge in [-0.2, -0.15) is 0 Å². The molecule has 150 valence electrons. The molecule has 9 heteroatoms. The normalized spacial score (nSPS) is 11.4. The second-order valence-corrected chi connectivity index (χ2v) is 8.83. The zero-order chi connectivity index (χ0) is 20.8. The first kappa shape index (κ1) is 23.1. The van der Waals surface area contributed by atoms with Crippen LogP contribution in [0.15, 0.2) is 23.2 Å². The number of rotatable bonds is 2. The van der Waals surface area contributed by atoms with Gasteiger partial charge < -0.3 is 9.47 Å². The van der Waals surface area contributed by atoms with Crippen LogP contribution in [0.25, 0.3) is 0 Å². The highest BCUT2D eigenvalue weighted by Gasteiger charge is 2.21. The molecule has 0 saturated carbocycles. The Bertz CT molecular complexity index is 692. The first-order valence-corrected chi connectivity index (χ1v) is 9.31. The van der Waals surface area contributed by atoms with Crippen molar-refractivity contribution in [3.63, 3.8) is 0 Å². The van der Waals surface area contributed by atoms with Crippen molar-refractivity contribution in [1.29, 1.82) is 0 Å². The number of carbonyl (C=O) groups is 2. The number of nitrogens with zero attached hydrogens (tertiary/aromatic N) is 1. The highest BCUT2D eigenvalue weighted by Crippen LogP contribution is 2.13. The van der Waals surface area contributed by atoms with Gasteiger partial charge in [0.1, 0.15) is 17.0 Å². The topological polar surface area (TPSA) is 89.0 Å². The molecule has 2 amide bonds. The quantitative estimate of drug-likeness (QED) is 0.365. The Morgan fingerprint density at radius 1 is 1.04 bits per heavy atom. The molecule has 0 aromatic heterocycles. The van der Waals surface area contributed by atoms with Gasteiger partial charge in [-0.25, -0.2) is 19.0 Å². The molecule has 0 bridgehead atoms. The van der Waals surface area contributed by atoms with Gasteiger partial charge in [-0.3, -0.25) is 10.6 Å². The van der Waals surface area contributed by atoms with E-state index in [1.807, 2.05) is 22.6 Å². The van der Waals surface area contributed by atoms with Crippen LogP contribution in [0.4, 0.5) is 14.0 Å². The predicted octanol–water partition coefficient (Wildman–Crippen LogP) is 4.34. The molecule has 0 aliphatic carbocycles. The second kappa shape index (κ2) is 9.34. The van der Waals surface area contributed by atoms with E-state index in [2.05, 4.69) is 15.6 Å². The average Bonchev–Trinajstić information content (AvgIpc) is 2.44. The van der Waals surface area contributed by atoms with Crippen molar-refractivity contribution in [3.05, 3.63) is 33.1 Å². The molecule has 1 aromatic carbocycles. The van der Waals surface area contributed by atoms with E-state index >= 15 is 0 Å². The van der Waals surface area contributed by atoms with Crippen molar-refractivity contribution in [2.45, 2.75) is 59.3 Å². The zero-order valence-electron chi connectivity index (χ0n) is 16.3. The molecule has 2 N–H and O–H groups in total. The summed E-state index contributed by atoms with van der Waals surface area (Å²) in [6.45, 7) is 10.4. The molecule has 0 aliphatic rings. The van der Waals surface area contributed by atoms with Crippen LogP contribution in [0.5, 0.6) is 0 Å². The molecule has 0 radical (unpaired) electrons. The monoisotopic (exact) mass is 493 g/mol. The summed E-state index contributed by atoms with van der Waals surface area (Å²) < 4.78 is 24.1. The molecule has 1 aromatic rings. The molecular formula is C18H25FIN3O4. The van der Waals surface area contributed by atoms with Crippen LogP contribution in [0.1, 0.15) is 47.1 Å². The molecule has 7 nitrogen and oxygen atoms in total. The number of hydrogen-bond acceptors (Lipinski definition) is 5. The summed E-state index contributed by atoms with van der Waals surface area (Å²) in [6.07, 6.45) is -1.54. The van der Waals surface area contributed by atoms with E-state index in [4.69, 9.17) is 9.47 Å². The summed E-state index contributed by atoms with van der Waals surface area (Å²) in [4.78, 5) is 28.1. The van der Waals surface area contributed by atoms with Gasteiger partial charge in [0.15, 0.2) is 0 Å². The Morgan fingerprint density at radius 3 is 1.93 bits per heavy atom. The fourth-order valence-corrected chi connectivity index (χ4v) is 2.30. The highest BCUT2D eigenvalue weighted by atomic mass is 127. The maximum Gasteiger partial charge on any atom is 0.414 e. The lowest BCUT2D eigenvalue weighted by Gasteiger charge is -2.22. The number of guanidine groups is 1. The van der Waals surface area contributed by atoms with E-state index in [0.29, 0.717) is 9.13 Å². The van der Waals surface area contributed by atoms with Crippen molar-refractivity contribution in [2.75, 3.05) is 0 Å². The second-order valence-electron chi connectivity index (χ2n) is 7.67. The van der Waals surface area contributed by atoms with Gasteiger partial charge in [-0.05, 0) is 81.8 Å². The van der Waals surface area contributed by atoms with Crippen LogP contribution >= 0.6 is 22.6 Å². The van der Waals surface area contributed by atoms with Gasteiger partial charge in [-0.1, -0.05) is 6.07 Å². The standard InChI is InChI=1S/C18H25FIN3O4/c1-17(2,3)26-15(24)22-14(23-16(25)27-18(4,5)6)21-10-11-7-8-12(19)13(20)9-11/h7-9H,10H2,1-6H3,(H2,21,22,23,24,25). The fourth-order valence-electron chi connectivity index (χ4n) is 1.72. The van der Waals surface area contributed by atoms with Crippen LogP contribution in [-0.2, 0) is 16.0 Å². The lowest BCUT2D eigenvalue weighted by molar-refractivity contribution is 0.0545. The maximum atomic E-state index is 13.4. The molecule has 0 fully saturated rings. The Hall–Kier alpha value is -1.91. The Kier molecular flexibility index (Phi) is 8.00. The first-order valence-electron chi connectivity index (χ1n) is 8.23. The third kappa shape index (κ3) is 10.1. The van der Waals surface area contributed by atoms with Gasteiger partial charge in [0.05, 0.1) is 6.54 Å². The number of alkyl carbamates (subject to hydrolysis) is 2. The molecular weight excluding hydrogens is 468 g/mol. The van der Waals surface area contributed by atoms with Crippen molar-refractivity contribution >= 4 is 40.7 Å². The summed E-state index contributed by atoms with van der Waals surface area (Å²) in [6, 6.07) is 4.52. The Labute approximate surface area is 172 Å². The number of nitrogens with one attached hydrogen (secondary N) is 2. The molecule has 0 atom stereocenters. The number of carbonyl (C=O) groups excluding carboxylic acids is 2. The SMILES string of the molecule is CC(C)(C)OC(=O)NC(=NCc1ccc(F)c(I)c1)NC(=O)OC(C)(C)C. The minimum atomic E-state index is -0.772. The molecule has 0 heterocycles. The maximum absolute atomic E-state index is 13.4.